The second-order valence-corrected chi connectivity index (χ2v) is 11.2. The van der Waals surface area contributed by atoms with Crippen LogP contribution < -0.4 is 14.2 Å². The quantitative estimate of drug-likeness (QED) is 0.189. The average Bonchev–Trinajstić information content (AvgIpc) is 3.39. The van der Waals surface area contributed by atoms with E-state index in [4.69, 9.17) is 19.2 Å². The van der Waals surface area contributed by atoms with Gasteiger partial charge in [0.2, 0.25) is 11.6 Å². The normalized spacial score (nSPS) is 12.3. The highest BCUT2D eigenvalue weighted by molar-refractivity contribution is 9.10. The molecule has 2 N–H and O–H groups in total. The number of carboxylic acid groups (broad SMARTS) is 1. The molecule has 0 atom stereocenters. The number of carbonyl (C=O) groups is 1. The van der Waals surface area contributed by atoms with E-state index in [1.165, 1.54) is 6.07 Å². The van der Waals surface area contributed by atoms with Crippen LogP contribution in [0.5, 0.6) is 23.1 Å². The predicted octanol–water partition coefficient (Wildman–Crippen LogP) is 7.97. The molecule has 44 heavy (non-hydrogen) atoms. The minimum atomic E-state index is -1.02. The topological polar surface area (TPSA) is 103 Å². The molecule has 218 valence electrons. The highest BCUT2D eigenvalue weighted by Gasteiger charge is 2.20. The van der Waals surface area contributed by atoms with Crippen LogP contribution in [-0.4, -0.2) is 46.1 Å². The fourth-order valence-corrected chi connectivity index (χ4v) is 5.67. The third-order valence-electron chi connectivity index (χ3n) is 7.58. The molecule has 0 spiro atoms. The molecule has 8 nitrogen and oxygen atoms in total. The van der Waals surface area contributed by atoms with Gasteiger partial charge in [0.05, 0.1) is 24.1 Å². The Morgan fingerprint density at radius 3 is 2.39 bits per heavy atom. The minimum Gasteiger partial charge on any atom is -0.494 e. The zero-order valence-corrected chi connectivity index (χ0v) is 25.0. The molecular weight excluding hydrogens is 624 g/mol. The number of nitrogens with zero attached hydrogens (tertiary/aromatic N) is 2. The van der Waals surface area contributed by atoms with E-state index >= 15 is 0 Å². The molecule has 0 radical (unpaired) electrons. The van der Waals surface area contributed by atoms with Crippen molar-refractivity contribution in [3.63, 3.8) is 0 Å². The first-order chi connectivity index (χ1) is 21.4. The standard InChI is InChI=1S/C35H25BrN2O6/c1-42-31-17-24(18-32-33(31)44-12-11-43-32)23-15-29(20-5-8-26(36)9-6-20)37-30(16-23)21-3-2-4-27(14-21)38-19-25-13-22(35(40)41)7-10-28(25)34(38)39/h2-10,13-19,39H,11-12H2,1H3,(H,40,41). The number of pyridine rings is 1. The zero-order chi connectivity index (χ0) is 30.4. The third kappa shape index (κ3) is 5.01. The molecule has 1 aliphatic heterocycles. The lowest BCUT2D eigenvalue weighted by Crippen LogP contribution is -2.16. The summed E-state index contributed by atoms with van der Waals surface area (Å²) < 4.78 is 20.0. The largest absolute Gasteiger partial charge is 0.494 e. The van der Waals surface area contributed by atoms with Gasteiger partial charge in [-0.25, -0.2) is 9.78 Å². The van der Waals surface area contributed by atoms with Crippen LogP contribution in [0, 0.1) is 0 Å². The summed E-state index contributed by atoms with van der Waals surface area (Å²) >= 11 is 3.52. The Morgan fingerprint density at radius 2 is 1.61 bits per heavy atom. The van der Waals surface area contributed by atoms with Crippen molar-refractivity contribution in [2.24, 2.45) is 0 Å². The van der Waals surface area contributed by atoms with Gasteiger partial charge in [0, 0.05) is 38.3 Å². The summed E-state index contributed by atoms with van der Waals surface area (Å²) in [6.45, 7) is 0.913. The number of carboxylic acids is 1. The second kappa shape index (κ2) is 11.1. The molecule has 0 fully saturated rings. The van der Waals surface area contributed by atoms with Gasteiger partial charge in [-0.1, -0.05) is 40.2 Å². The first kappa shape index (κ1) is 27.5. The Hall–Kier alpha value is -5.28. The van der Waals surface area contributed by atoms with Crippen molar-refractivity contribution in [2.45, 2.75) is 0 Å². The molecule has 0 saturated heterocycles. The summed E-state index contributed by atoms with van der Waals surface area (Å²) in [5, 5.41) is 21.6. The first-order valence-corrected chi connectivity index (χ1v) is 14.6. The monoisotopic (exact) mass is 648 g/mol. The molecule has 6 aromatic rings. The molecule has 0 amide bonds. The van der Waals surface area contributed by atoms with Crippen molar-refractivity contribution in [3.8, 4) is 62.5 Å². The zero-order valence-electron chi connectivity index (χ0n) is 23.5. The molecule has 2 aromatic heterocycles. The highest BCUT2D eigenvalue weighted by atomic mass is 79.9. The van der Waals surface area contributed by atoms with Crippen molar-refractivity contribution in [1.82, 2.24) is 9.55 Å². The average molecular weight is 649 g/mol. The van der Waals surface area contributed by atoms with Gasteiger partial charge in [0.15, 0.2) is 11.5 Å². The fourth-order valence-electron chi connectivity index (χ4n) is 5.40. The number of aromatic nitrogens is 2. The number of hydrogen-bond donors (Lipinski definition) is 2. The molecule has 0 saturated carbocycles. The van der Waals surface area contributed by atoms with Gasteiger partial charge in [-0.3, -0.25) is 4.57 Å². The van der Waals surface area contributed by atoms with E-state index in [-0.39, 0.29) is 11.4 Å². The third-order valence-corrected chi connectivity index (χ3v) is 8.11. The molecule has 0 unspecified atom stereocenters. The van der Waals surface area contributed by atoms with Crippen molar-refractivity contribution in [3.05, 3.63) is 107 Å². The lowest BCUT2D eigenvalue weighted by atomic mass is 9.99. The van der Waals surface area contributed by atoms with E-state index in [0.717, 1.165) is 38.1 Å². The van der Waals surface area contributed by atoms with Gasteiger partial charge in [-0.2, -0.15) is 0 Å². The summed E-state index contributed by atoms with van der Waals surface area (Å²) in [5.41, 5.74) is 5.92. The number of benzene rings is 4. The van der Waals surface area contributed by atoms with E-state index < -0.39 is 5.97 Å². The van der Waals surface area contributed by atoms with Crippen LogP contribution in [0.4, 0.5) is 0 Å². The Bertz CT molecular complexity index is 2050. The Balaban J connectivity index is 1.37. The molecule has 0 bridgehead atoms. The number of halogens is 1. The van der Waals surface area contributed by atoms with Gasteiger partial charge in [0.1, 0.15) is 13.2 Å². The fraction of sp³-hybridized carbons (Fsp3) is 0.0857. The number of hydrogen-bond acceptors (Lipinski definition) is 6. The summed E-state index contributed by atoms with van der Waals surface area (Å²) in [6, 6.07) is 28.2. The number of methoxy groups -OCH3 is 1. The molecule has 1 aliphatic rings. The SMILES string of the molecule is COc1cc(-c2cc(-c3ccc(Br)cc3)nc(-c3cccc(-n4cc5cc(C(=O)O)ccc5c4O)c3)c2)cc2c1OCCO2. The lowest BCUT2D eigenvalue weighted by molar-refractivity contribution is 0.0697. The van der Waals surface area contributed by atoms with Gasteiger partial charge in [-0.05, 0) is 77.9 Å². The number of aromatic hydroxyl groups is 1. The Labute approximate surface area is 260 Å². The minimum absolute atomic E-state index is 0.0229. The van der Waals surface area contributed by atoms with E-state index in [9.17, 15) is 15.0 Å². The maximum atomic E-state index is 11.5. The maximum Gasteiger partial charge on any atom is 0.335 e. The number of fused-ring (bicyclic) bond motifs is 2. The lowest BCUT2D eigenvalue weighted by Gasteiger charge is -2.21. The Kier molecular flexibility index (Phi) is 6.94. The number of aromatic carboxylic acids is 1. The van der Waals surface area contributed by atoms with E-state index in [2.05, 4.69) is 15.9 Å². The summed E-state index contributed by atoms with van der Waals surface area (Å²) in [5.74, 6) is 0.798. The van der Waals surface area contributed by atoms with Crippen molar-refractivity contribution in [2.75, 3.05) is 20.3 Å². The number of ether oxygens (including phenoxy) is 3. The van der Waals surface area contributed by atoms with Crippen LogP contribution in [0.1, 0.15) is 10.4 Å². The van der Waals surface area contributed by atoms with Crippen molar-refractivity contribution >= 4 is 32.7 Å². The van der Waals surface area contributed by atoms with E-state index in [0.29, 0.717) is 46.9 Å². The van der Waals surface area contributed by atoms with Crippen LogP contribution in [0.15, 0.2) is 102 Å². The van der Waals surface area contributed by atoms with Crippen LogP contribution >= 0.6 is 15.9 Å². The highest BCUT2D eigenvalue weighted by Crippen LogP contribution is 2.44. The van der Waals surface area contributed by atoms with Gasteiger partial charge < -0.3 is 24.4 Å². The smallest absolute Gasteiger partial charge is 0.335 e. The van der Waals surface area contributed by atoms with Crippen molar-refractivity contribution < 1.29 is 29.2 Å². The number of rotatable bonds is 6. The second-order valence-electron chi connectivity index (χ2n) is 10.3. The van der Waals surface area contributed by atoms with Gasteiger partial charge in [-0.15, -0.1) is 0 Å². The maximum absolute atomic E-state index is 11.5. The van der Waals surface area contributed by atoms with Crippen LogP contribution in [0.3, 0.4) is 0 Å². The Morgan fingerprint density at radius 1 is 0.864 bits per heavy atom. The molecular formula is C35H25BrN2O6. The van der Waals surface area contributed by atoms with Gasteiger partial charge in [0.25, 0.3) is 0 Å². The predicted molar refractivity (Wildman–Crippen MR) is 171 cm³/mol. The molecule has 0 aliphatic carbocycles. The first-order valence-electron chi connectivity index (χ1n) is 13.8. The molecule has 9 heteroatoms. The molecule has 4 aromatic carbocycles. The van der Waals surface area contributed by atoms with Crippen LogP contribution in [0.2, 0.25) is 0 Å². The van der Waals surface area contributed by atoms with E-state index in [1.807, 2.05) is 72.8 Å². The van der Waals surface area contributed by atoms with Crippen LogP contribution in [0.25, 0.3) is 50.1 Å². The van der Waals surface area contributed by atoms with Crippen molar-refractivity contribution in [1.29, 1.82) is 0 Å². The summed E-state index contributed by atoms with van der Waals surface area (Å²) in [6.07, 6.45) is 1.73. The summed E-state index contributed by atoms with van der Waals surface area (Å²) in [4.78, 5) is 16.5. The molecule has 7 rings (SSSR count). The summed E-state index contributed by atoms with van der Waals surface area (Å²) in [7, 11) is 1.61. The van der Waals surface area contributed by atoms with Crippen LogP contribution in [-0.2, 0) is 0 Å². The van der Waals surface area contributed by atoms with E-state index in [1.54, 1.807) is 30.0 Å². The van der Waals surface area contributed by atoms with Gasteiger partial charge >= 0.3 is 5.97 Å². The molecule has 3 heterocycles.